The van der Waals surface area contributed by atoms with Gasteiger partial charge in [-0.1, -0.05) is 33.8 Å². The lowest BCUT2D eigenvalue weighted by atomic mass is 9.78. The highest BCUT2D eigenvalue weighted by Gasteiger charge is 2.22. The second-order valence-corrected chi connectivity index (χ2v) is 6.81. The van der Waals surface area contributed by atoms with Gasteiger partial charge in [-0.25, -0.2) is 0 Å². The third kappa shape index (κ3) is 4.67. The monoisotopic (exact) mass is 240 g/mol. The molecule has 2 heteroatoms. The molecule has 1 heterocycles. The summed E-state index contributed by atoms with van der Waals surface area (Å²) in [5.41, 5.74) is 0.296. The molecule has 2 unspecified atom stereocenters. The third-order valence-electron chi connectivity index (χ3n) is 3.41. The standard InChI is InChI=1S/C14H24OS/c1-11(14(2,3)4)10-12(15)7-8-13-6-5-9-16-13/h5-6,9,11-12,15H,7-8,10H2,1-4H3. The Morgan fingerprint density at radius 1 is 1.38 bits per heavy atom. The van der Waals surface area contributed by atoms with Crippen LogP contribution in [0.2, 0.25) is 0 Å². The molecule has 1 rings (SSSR count). The predicted molar refractivity (Wildman–Crippen MR) is 71.9 cm³/mol. The molecule has 1 aromatic rings. The van der Waals surface area contributed by atoms with Crippen LogP contribution in [0.25, 0.3) is 0 Å². The number of aliphatic hydroxyl groups is 1. The zero-order chi connectivity index (χ0) is 12.2. The number of hydrogen-bond acceptors (Lipinski definition) is 2. The minimum Gasteiger partial charge on any atom is -0.393 e. The lowest BCUT2D eigenvalue weighted by Crippen LogP contribution is -2.23. The smallest absolute Gasteiger partial charge is 0.0546 e. The van der Waals surface area contributed by atoms with Crippen LogP contribution in [0.3, 0.4) is 0 Å². The molecule has 0 saturated heterocycles. The lowest BCUT2D eigenvalue weighted by Gasteiger charge is -2.29. The Labute approximate surface area is 104 Å². The van der Waals surface area contributed by atoms with Crippen LogP contribution in [-0.4, -0.2) is 11.2 Å². The summed E-state index contributed by atoms with van der Waals surface area (Å²) in [6.45, 7) is 8.95. The van der Waals surface area contributed by atoms with Crippen LogP contribution in [0.1, 0.15) is 45.4 Å². The molecule has 1 aromatic heterocycles. The molecule has 0 saturated carbocycles. The van der Waals surface area contributed by atoms with Crippen molar-refractivity contribution in [3.05, 3.63) is 22.4 Å². The largest absolute Gasteiger partial charge is 0.393 e. The summed E-state index contributed by atoms with van der Waals surface area (Å²) in [4.78, 5) is 1.38. The van der Waals surface area contributed by atoms with Crippen molar-refractivity contribution in [2.75, 3.05) is 0 Å². The highest BCUT2D eigenvalue weighted by atomic mass is 32.1. The summed E-state index contributed by atoms with van der Waals surface area (Å²) >= 11 is 1.78. The maximum Gasteiger partial charge on any atom is 0.0546 e. The van der Waals surface area contributed by atoms with Crippen LogP contribution in [0.15, 0.2) is 17.5 Å². The number of aryl methyl sites for hydroxylation is 1. The SMILES string of the molecule is CC(CC(O)CCc1cccs1)C(C)(C)C. The Kier molecular flexibility index (Phi) is 5.00. The molecule has 0 spiro atoms. The summed E-state index contributed by atoms with van der Waals surface area (Å²) in [5, 5.41) is 12.1. The summed E-state index contributed by atoms with van der Waals surface area (Å²) in [5.74, 6) is 0.561. The molecule has 0 aliphatic carbocycles. The van der Waals surface area contributed by atoms with Crippen LogP contribution in [0.5, 0.6) is 0 Å². The Hall–Kier alpha value is -0.340. The number of thiophene rings is 1. The van der Waals surface area contributed by atoms with Crippen molar-refractivity contribution in [3.8, 4) is 0 Å². The van der Waals surface area contributed by atoms with Gasteiger partial charge in [0.2, 0.25) is 0 Å². The maximum atomic E-state index is 9.99. The molecular weight excluding hydrogens is 216 g/mol. The van der Waals surface area contributed by atoms with Crippen molar-refractivity contribution < 1.29 is 5.11 Å². The molecule has 0 bridgehead atoms. The van der Waals surface area contributed by atoms with E-state index in [4.69, 9.17) is 0 Å². The van der Waals surface area contributed by atoms with Crippen molar-refractivity contribution in [2.45, 2.75) is 53.1 Å². The number of aliphatic hydroxyl groups excluding tert-OH is 1. The van der Waals surface area contributed by atoms with Crippen LogP contribution in [-0.2, 0) is 6.42 Å². The molecule has 1 N–H and O–H groups in total. The molecular formula is C14H24OS. The molecule has 0 aliphatic rings. The van der Waals surface area contributed by atoms with E-state index < -0.39 is 0 Å². The van der Waals surface area contributed by atoms with E-state index in [1.54, 1.807) is 11.3 Å². The van der Waals surface area contributed by atoms with E-state index in [9.17, 15) is 5.11 Å². The summed E-state index contributed by atoms with van der Waals surface area (Å²) in [6.07, 6.45) is 2.65. The van der Waals surface area contributed by atoms with Crippen molar-refractivity contribution >= 4 is 11.3 Å². The Bertz CT molecular complexity index is 284. The second-order valence-electron chi connectivity index (χ2n) is 5.77. The maximum absolute atomic E-state index is 9.99. The molecule has 0 fully saturated rings. The number of hydrogen-bond donors (Lipinski definition) is 1. The third-order valence-corrected chi connectivity index (χ3v) is 4.34. The quantitative estimate of drug-likeness (QED) is 0.821. The van der Waals surface area contributed by atoms with Crippen molar-refractivity contribution in [2.24, 2.45) is 11.3 Å². The Balaban J connectivity index is 2.28. The first-order valence-corrected chi connectivity index (χ1v) is 6.98. The van der Waals surface area contributed by atoms with E-state index >= 15 is 0 Å². The van der Waals surface area contributed by atoms with Crippen LogP contribution in [0, 0.1) is 11.3 Å². The average molecular weight is 240 g/mol. The van der Waals surface area contributed by atoms with Gasteiger partial charge in [0.05, 0.1) is 6.10 Å². The van der Waals surface area contributed by atoms with E-state index in [1.165, 1.54) is 4.88 Å². The zero-order valence-corrected chi connectivity index (χ0v) is 11.7. The van der Waals surface area contributed by atoms with Gasteiger partial charge in [-0.05, 0) is 42.0 Å². The van der Waals surface area contributed by atoms with Gasteiger partial charge in [0.25, 0.3) is 0 Å². The fraction of sp³-hybridized carbons (Fsp3) is 0.714. The van der Waals surface area contributed by atoms with Crippen molar-refractivity contribution in [1.29, 1.82) is 0 Å². The summed E-state index contributed by atoms with van der Waals surface area (Å²) in [6, 6.07) is 4.22. The molecule has 2 atom stereocenters. The van der Waals surface area contributed by atoms with Crippen LogP contribution in [0.4, 0.5) is 0 Å². The summed E-state index contributed by atoms with van der Waals surface area (Å²) < 4.78 is 0. The van der Waals surface area contributed by atoms with E-state index in [-0.39, 0.29) is 6.10 Å². The van der Waals surface area contributed by atoms with E-state index in [0.29, 0.717) is 11.3 Å². The first kappa shape index (κ1) is 13.7. The highest BCUT2D eigenvalue weighted by molar-refractivity contribution is 7.09. The predicted octanol–water partition coefficient (Wildman–Crippen LogP) is 4.11. The minimum absolute atomic E-state index is 0.156. The van der Waals surface area contributed by atoms with Gasteiger partial charge < -0.3 is 5.11 Å². The van der Waals surface area contributed by atoms with E-state index in [0.717, 1.165) is 19.3 Å². The Morgan fingerprint density at radius 3 is 2.56 bits per heavy atom. The van der Waals surface area contributed by atoms with Gasteiger partial charge in [-0.2, -0.15) is 0 Å². The van der Waals surface area contributed by atoms with Gasteiger partial charge in [0.1, 0.15) is 0 Å². The zero-order valence-electron chi connectivity index (χ0n) is 10.9. The lowest BCUT2D eigenvalue weighted by molar-refractivity contribution is 0.103. The van der Waals surface area contributed by atoms with Gasteiger partial charge >= 0.3 is 0 Å². The fourth-order valence-corrected chi connectivity index (χ4v) is 2.37. The van der Waals surface area contributed by atoms with Crippen LogP contribution < -0.4 is 0 Å². The first-order valence-electron chi connectivity index (χ1n) is 6.10. The van der Waals surface area contributed by atoms with Gasteiger partial charge in [-0.3, -0.25) is 0 Å². The first-order chi connectivity index (χ1) is 7.39. The topological polar surface area (TPSA) is 20.2 Å². The van der Waals surface area contributed by atoms with Gasteiger partial charge in [0, 0.05) is 4.88 Å². The van der Waals surface area contributed by atoms with E-state index in [2.05, 4.69) is 45.2 Å². The Morgan fingerprint density at radius 2 is 2.06 bits per heavy atom. The van der Waals surface area contributed by atoms with Crippen LogP contribution >= 0.6 is 11.3 Å². The molecule has 0 radical (unpaired) electrons. The van der Waals surface area contributed by atoms with E-state index in [1.807, 2.05) is 0 Å². The molecule has 1 nitrogen and oxygen atoms in total. The van der Waals surface area contributed by atoms with Gasteiger partial charge in [0.15, 0.2) is 0 Å². The molecule has 92 valence electrons. The molecule has 0 amide bonds. The minimum atomic E-state index is -0.156. The second kappa shape index (κ2) is 5.83. The van der Waals surface area contributed by atoms with Gasteiger partial charge in [-0.15, -0.1) is 11.3 Å². The normalized spacial score (nSPS) is 16.1. The number of rotatable bonds is 5. The highest BCUT2D eigenvalue weighted by Crippen LogP contribution is 2.29. The fourth-order valence-electron chi connectivity index (χ4n) is 1.64. The molecule has 0 aliphatic heterocycles. The van der Waals surface area contributed by atoms with Crippen molar-refractivity contribution in [1.82, 2.24) is 0 Å². The molecule has 16 heavy (non-hydrogen) atoms. The summed E-state index contributed by atoms with van der Waals surface area (Å²) in [7, 11) is 0. The molecule has 0 aromatic carbocycles. The average Bonchev–Trinajstić information content (AvgIpc) is 2.65. The van der Waals surface area contributed by atoms with Crippen molar-refractivity contribution in [3.63, 3.8) is 0 Å².